The lowest BCUT2D eigenvalue weighted by Gasteiger charge is -2.27. The Bertz CT molecular complexity index is 741. The van der Waals surface area contributed by atoms with Gasteiger partial charge in [0.2, 0.25) is 0 Å². The molecule has 0 spiro atoms. The van der Waals surface area contributed by atoms with Crippen LogP contribution < -0.4 is 5.32 Å². The summed E-state index contributed by atoms with van der Waals surface area (Å²) in [6, 6.07) is 17.1. The van der Waals surface area contributed by atoms with Crippen LogP contribution in [0.5, 0.6) is 0 Å². The second kappa shape index (κ2) is 5.66. The molecule has 0 saturated heterocycles. The molecular formula is C18H19BrN2. The Morgan fingerprint density at radius 2 is 1.81 bits per heavy atom. The van der Waals surface area contributed by atoms with Gasteiger partial charge in [-0.05, 0) is 54.6 Å². The first kappa shape index (κ1) is 14.4. The Hall–Kier alpha value is -1.58. The average Bonchev–Trinajstić information content (AvgIpc) is 2.93. The van der Waals surface area contributed by atoms with Gasteiger partial charge in [0.25, 0.3) is 0 Å². The van der Waals surface area contributed by atoms with E-state index in [4.69, 9.17) is 0 Å². The van der Waals surface area contributed by atoms with E-state index in [2.05, 4.69) is 88.6 Å². The lowest BCUT2D eigenvalue weighted by Crippen LogP contribution is -2.35. The van der Waals surface area contributed by atoms with E-state index in [1.54, 1.807) is 0 Å². The Kier molecular flexibility index (Phi) is 3.87. The second-order valence-electron chi connectivity index (χ2n) is 5.88. The van der Waals surface area contributed by atoms with Gasteiger partial charge in [-0.3, -0.25) is 0 Å². The minimum Gasteiger partial charge on any atom is -0.361 e. The standard InChI is InChI=1S/C18H19BrN2/c1-18(2,15-5-7-16(19)8-6-15)21-12-13-3-4-14-9-10-20-17(14)11-13/h3-11,20-21H,12H2,1-2H3. The fourth-order valence-corrected chi connectivity index (χ4v) is 2.76. The third kappa shape index (κ3) is 3.20. The Morgan fingerprint density at radius 3 is 2.57 bits per heavy atom. The van der Waals surface area contributed by atoms with Crippen molar-refractivity contribution in [3.8, 4) is 0 Å². The number of hydrogen-bond donors (Lipinski definition) is 2. The number of benzene rings is 2. The summed E-state index contributed by atoms with van der Waals surface area (Å²) in [5.41, 5.74) is 3.70. The number of hydrogen-bond acceptors (Lipinski definition) is 1. The maximum absolute atomic E-state index is 3.64. The number of halogens is 1. The van der Waals surface area contributed by atoms with Gasteiger partial charge in [0, 0.05) is 28.3 Å². The molecule has 2 N–H and O–H groups in total. The molecule has 0 aliphatic heterocycles. The highest BCUT2D eigenvalue weighted by Crippen LogP contribution is 2.23. The van der Waals surface area contributed by atoms with Gasteiger partial charge in [0.1, 0.15) is 0 Å². The molecule has 3 rings (SSSR count). The fourth-order valence-electron chi connectivity index (χ4n) is 2.50. The molecule has 0 aliphatic rings. The zero-order chi connectivity index (χ0) is 14.9. The number of nitrogens with one attached hydrogen (secondary N) is 2. The van der Waals surface area contributed by atoms with Gasteiger partial charge in [-0.2, -0.15) is 0 Å². The van der Waals surface area contributed by atoms with Crippen LogP contribution in [0.15, 0.2) is 59.2 Å². The third-order valence-corrected chi connectivity index (χ3v) is 4.45. The number of aromatic amines is 1. The van der Waals surface area contributed by atoms with Crippen LogP contribution in [-0.2, 0) is 12.1 Å². The van der Waals surface area contributed by atoms with Crippen molar-refractivity contribution in [3.63, 3.8) is 0 Å². The number of rotatable bonds is 4. The van der Waals surface area contributed by atoms with E-state index in [9.17, 15) is 0 Å². The van der Waals surface area contributed by atoms with Gasteiger partial charge in [-0.25, -0.2) is 0 Å². The topological polar surface area (TPSA) is 27.8 Å². The van der Waals surface area contributed by atoms with E-state index in [0.29, 0.717) is 0 Å². The summed E-state index contributed by atoms with van der Waals surface area (Å²) < 4.78 is 1.11. The first-order valence-corrected chi connectivity index (χ1v) is 7.91. The van der Waals surface area contributed by atoms with Gasteiger partial charge in [-0.1, -0.05) is 40.2 Å². The monoisotopic (exact) mass is 342 g/mol. The summed E-state index contributed by atoms with van der Waals surface area (Å²) in [5.74, 6) is 0. The highest BCUT2D eigenvalue weighted by atomic mass is 79.9. The molecule has 1 aromatic heterocycles. The molecule has 0 atom stereocenters. The molecule has 0 saturated carbocycles. The smallest absolute Gasteiger partial charge is 0.0457 e. The second-order valence-corrected chi connectivity index (χ2v) is 6.80. The summed E-state index contributed by atoms with van der Waals surface area (Å²) in [6.07, 6.45) is 1.98. The van der Waals surface area contributed by atoms with Crippen LogP contribution in [0.2, 0.25) is 0 Å². The summed E-state index contributed by atoms with van der Waals surface area (Å²) >= 11 is 3.48. The van der Waals surface area contributed by atoms with Gasteiger partial charge in [0.05, 0.1) is 0 Å². The summed E-state index contributed by atoms with van der Waals surface area (Å²) in [4.78, 5) is 3.26. The maximum atomic E-state index is 3.64. The normalized spacial score (nSPS) is 12.0. The van der Waals surface area contributed by atoms with E-state index >= 15 is 0 Å². The molecule has 3 heteroatoms. The molecule has 0 radical (unpaired) electrons. The van der Waals surface area contributed by atoms with Crippen molar-refractivity contribution in [1.29, 1.82) is 0 Å². The molecule has 2 nitrogen and oxygen atoms in total. The molecule has 0 unspecified atom stereocenters. The largest absolute Gasteiger partial charge is 0.361 e. The molecule has 0 amide bonds. The minimum atomic E-state index is -0.0641. The molecule has 1 heterocycles. The highest BCUT2D eigenvalue weighted by Gasteiger charge is 2.19. The lowest BCUT2D eigenvalue weighted by molar-refractivity contribution is 0.401. The van der Waals surface area contributed by atoms with E-state index in [0.717, 1.165) is 11.0 Å². The summed E-state index contributed by atoms with van der Waals surface area (Å²) in [7, 11) is 0. The fraction of sp³-hybridized carbons (Fsp3) is 0.222. The van der Waals surface area contributed by atoms with Crippen molar-refractivity contribution >= 4 is 26.8 Å². The van der Waals surface area contributed by atoms with Crippen molar-refractivity contribution in [2.75, 3.05) is 0 Å². The first-order chi connectivity index (χ1) is 10.0. The van der Waals surface area contributed by atoms with Gasteiger partial charge < -0.3 is 10.3 Å². The number of aromatic nitrogens is 1. The predicted molar refractivity (Wildman–Crippen MR) is 92.3 cm³/mol. The van der Waals surface area contributed by atoms with Crippen molar-refractivity contribution in [1.82, 2.24) is 10.3 Å². The highest BCUT2D eigenvalue weighted by molar-refractivity contribution is 9.10. The molecular weight excluding hydrogens is 324 g/mol. The molecule has 0 bridgehead atoms. The Morgan fingerprint density at radius 1 is 1.05 bits per heavy atom. The molecule has 3 aromatic rings. The Balaban J connectivity index is 1.74. The van der Waals surface area contributed by atoms with Crippen LogP contribution in [0.3, 0.4) is 0 Å². The van der Waals surface area contributed by atoms with Crippen LogP contribution in [0.4, 0.5) is 0 Å². The predicted octanol–water partition coefficient (Wildman–Crippen LogP) is 4.96. The number of fused-ring (bicyclic) bond motifs is 1. The van der Waals surface area contributed by atoms with Crippen molar-refractivity contribution in [2.45, 2.75) is 25.9 Å². The van der Waals surface area contributed by atoms with E-state index in [1.807, 2.05) is 6.20 Å². The summed E-state index contributed by atoms with van der Waals surface area (Å²) in [5, 5.41) is 4.89. The van der Waals surface area contributed by atoms with E-state index in [-0.39, 0.29) is 5.54 Å². The lowest BCUT2D eigenvalue weighted by atomic mass is 9.94. The maximum Gasteiger partial charge on any atom is 0.0457 e. The zero-order valence-electron chi connectivity index (χ0n) is 12.3. The van der Waals surface area contributed by atoms with Crippen molar-refractivity contribution in [3.05, 3.63) is 70.3 Å². The van der Waals surface area contributed by atoms with Gasteiger partial charge >= 0.3 is 0 Å². The first-order valence-electron chi connectivity index (χ1n) is 7.12. The summed E-state index contributed by atoms with van der Waals surface area (Å²) in [6.45, 7) is 5.27. The minimum absolute atomic E-state index is 0.0641. The molecule has 2 aromatic carbocycles. The van der Waals surface area contributed by atoms with Crippen molar-refractivity contribution < 1.29 is 0 Å². The molecule has 0 fully saturated rings. The van der Waals surface area contributed by atoms with Crippen LogP contribution in [0.25, 0.3) is 10.9 Å². The van der Waals surface area contributed by atoms with Gasteiger partial charge in [0.15, 0.2) is 0 Å². The average molecular weight is 343 g/mol. The van der Waals surface area contributed by atoms with Gasteiger partial charge in [-0.15, -0.1) is 0 Å². The zero-order valence-corrected chi connectivity index (χ0v) is 13.9. The van der Waals surface area contributed by atoms with Crippen LogP contribution in [0, 0.1) is 0 Å². The van der Waals surface area contributed by atoms with Crippen LogP contribution in [0.1, 0.15) is 25.0 Å². The molecule has 21 heavy (non-hydrogen) atoms. The Labute approximate surface area is 133 Å². The van der Waals surface area contributed by atoms with Crippen molar-refractivity contribution in [2.24, 2.45) is 0 Å². The molecule has 0 aliphatic carbocycles. The number of H-pyrrole nitrogens is 1. The van der Waals surface area contributed by atoms with E-state index < -0.39 is 0 Å². The molecule has 108 valence electrons. The van der Waals surface area contributed by atoms with E-state index in [1.165, 1.54) is 22.0 Å². The SMILES string of the molecule is CC(C)(NCc1ccc2cc[nH]c2c1)c1ccc(Br)cc1. The van der Waals surface area contributed by atoms with Crippen LogP contribution >= 0.6 is 15.9 Å². The quantitative estimate of drug-likeness (QED) is 0.689. The van der Waals surface area contributed by atoms with Crippen LogP contribution in [-0.4, -0.2) is 4.98 Å². The third-order valence-electron chi connectivity index (χ3n) is 3.92.